The molecule has 1 aromatic heterocycles. The predicted octanol–water partition coefficient (Wildman–Crippen LogP) is 8.37. The number of Topliss-reactive ketones (excluding diaryl/α,β-unsaturated/α-hetero) is 1. The van der Waals surface area contributed by atoms with Crippen LogP contribution < -0.4 is 5.32 Å². The van der Waals surface area contributed by atoms with Crippen LogP contribution in [-0.4, -0.2) is 5.78 Å². The van der Waals surface area contributed by atoms with Crippen LogP contribution >= 0.6 is 11.6 Å². The Hall–Kier alpha value is -3.30. The average Bonchev–Trinajstić information content (AvgIpc) is 3.29. The van der Waals surface area contributed by atoms with Crippen molar-refractivity contribution in [3.63, 3.8) is 0 Å². The molecule has 0 radical (unpaired) electrons. The first-order chi connectivity index (χ1) is 16.3. The van der Waals surface area contributed by atoms with Gasteiger partial charge in [0.05, 0.1) is 0 Å². The van der Waals surface area contributed by atoms with Crippen LogP contribution in [0.25, 0.3) is 27.7 Å². The summed E-state index contributed by atoms with van der Waals surface area (Å²) >= 11 is 6.35. The second kappa shape index (κ2) is 7.61. The first-order valence-corrected chi connectivity index (χ1v) is 12.1. The van der Waals surface area contributed by atoms with Gasteiger partial charge in [-0.05, 0) is 64.9 Å². The zero-order valence-corrected chi connectivity index (χ0v) is 20.3. The molecule has 4 heteroatoms. The fraction of sp³-hybridized carbons (Fsp3) is 0.233. The van der Waals surface area contributed by atoms with Crippen molar-refractivity contribution in [2.24, 2.45) is 5.41 Å². The fourth-order valence-electron chi connectivity index (χ4n) is 5.46. The van der Waals surface area contributed by atoms with Gasteiger partial charge in [-0.1, -0.05) is 67.9 Å². The summed E-state index contributed by atoms with van der Waals surface area (Å²) < 4.78 is 6.35. The van der Waals surface area contributed by atoms with Crippen molar-refractivity contribution in [2.75, 3.05) is 5.32 Å². The third-order valence-electron chi connectivity index (χ3n) is 7.11. The molecule has 4 aromatic rings. The van der Waals surface area contributed by atoms with E-state index < -0.39 is 0 Å². The van der Waals surface area contributed by atoms with Crippen LogP contribution in [0.2, 0.25) is 5.02 Å². The molecule has 2 aliphatic rings. The quantitative estimate of drug-likeness (QED) is 0.322. The second-order valence-electron chi connectivity index (χ2n) is 10.3. The summed E-state index contributed by atoms with van der Waals surface area (Å²) in [5.41, 5.74) is 6.06. The first kappa shape index (κ1) is 21.2. The highest BCUT2D eigenvalue weighted by Crippen LogP contribution is 2.52. The number of aryl methyl sites for hydroxylation is 1. The summed E-state index contributed by atoms with van der Waals surface area (Å²) in [5, 5.41) is 6.72. The van der Waals surface area contributed by atoms with Crippen molar-refractivity contribution in [3.05, 3.63) is 94.2 Å². The van der Waals surface area contributed by atoms with Crippen LogP contribution in [0.4, 0.5) is 5.69 Å². The molecule has 34 heavy (non-hydrogen) atoms. The van der Waals surface area contributed by atoms with Crippen molar-refractivity contribution in [2.45, 2.75) is 39.7 Å². The molecule has 1 atom stereocenters. The number of carbonyl (C=O) groups excluding carboxylic acids is 1. The highest BCUT2D eigenvalue weighted by Gasteiger charge is 2.41. The molecule has 0 bridgehead atoms. The molecule has 170 valence electrons. The van der Waals surface area contributed by atoms with E-state index in [0.29, 0.717) is 11.4 Å². The van der Waals surface area contributed by atoms with E-state index in [2.05, 4.69) is 55.6 Å². The lowest BCUT2D eigenvalue weighted by Gasteiger charge is -2.39. The number of anilines is 1. The Bertz CT molecular complexity index is 1510. The molecule has 1 aliphatic carbocycles. The van der Waals surface area contributed by atoms with Gasteiger partial charge in [0.1, 0.15) is 17.6 Å². The molecular formula is C30H26ClNO2. The number of fused-ring (bicyclic) bond motifs is 4. The summed E-state index contributed by atoms with van der Waals surface area (Å²) in [6.45, 7) is 6.35. The number of hydrogen-bond acceptors (Lipinski definition) is 3. The molecule has 1 aliphatic heterocycles. The summed E-state index contributed by atoms with van der Waals surface area (Å²) in [7, 11) is 0. The Kier molecular flexibility index (Phi) is 4.76. The fourth-order valence-corrected chi connectivity index (χ4v) is 5.64. The number of carbonyl (C=O) groups is 1. The molecular weight excluding hydrogens is 442 g/mol. The third-order valence-corrected chi connectivity index (χ3v) is 7.51. The number of rotatable bonds is 2. The van der Waals surface area contributed by atoms with Crippen molar-refractivity contribution in [1.82, 2.24) is 0 Å². The Balaban J connectivity index is 1.52. The van der Waals surface area contributed by atoms with Crippen LogP contribution in [0, 0.1) is 12.3 Å². The van der Waals surface area contributed by atoms with Crippen molar-refractivity contribution in [3.8, 4) is 11.3 Å². The zero-order valence-electron chi connectivity index (χ0n) is 19.5. The smallest absolute Gasteiger partial charge is 0.162 e. The van der Waals surface area contributed by atoms with Crippen LogP contribution in [0.15, 0.2) is 76.7 Å². The molecule has 3 nitrogen and oxygen atoms in total. The first-order valence-electron chi connectivity index (χ1n) is 11.7. The number of ketones is 1. The Morgan fingerprint density at radius 2 is 1.82 bits per heavy atom. The molecule has 1 unspecified atom stereocenters. The van der Waals surface area contributed by atoms with Crippen molar-refractivity contribution >= 4 is 39.4 Å². The number of allylic oxidation sites excluding steroid dienone is 1. The molecule has 0 saturated heterocycles. The van der Waals surface area contributed by atoms with Crippen molar-refractivity contribution in [1.29, 1.82) is 0 Å². The van der Waals surface area contributed by atoms with Gasteiger partial charge in [-0.25, -0.2) is 0 Å². The van der Waals surface area contributed by atoms with Gasteiger partial charge in [-0.3, -0.25) is 4.79 Å². The van der Waals surface area contributed by atoms with E-state index >= 15 is 0 Å². The normalized spacial score (nSPS) is 19.1. The van der Waals surface area contributed by atoms with Gasteiger partial charge in [0.15, 0.2) is 5.78 Å². The predicted molar refractivity (Wildman–Crippen MR) is 139 cm³/mol. The maximum Gasteiger partial charge on any atom is 0.162 e. The van der Waals surface area contributed by atoms with E-state index in [4.69, 9.17) is 16.0 Å². The van der Waals surface area contributed by atoms with E-state index in [1.807, 2.05) is 37.3 Å². The minimum atomic E-state index is -0.318. The maximum atomic E-state index is 13.6. The van der Waals surface area contributed by atoms with Gasteiger partial charge in [0, 0.05) is 33.8 Å². The highest BCUT2D eigenvalue weighted by atomic mass is 35.5. The monoisotopic (exact) mass is 467 g/mol. The summed E-state index contributed by atoms with van der Waals surface area (Å²) in [6.07, 6.45) is 1.39. The zero-order chi connectivity index (χ0) is 23.6. The Morgan fingerprint density at radius 1 is 1.00 bits per heavy atom. The third kappa shape index (κ3) is 3.38. The van der Waals surface area contributed by atoms with Crippen LogP contribution in [0.1, 0.15) is 49.6 Å². The molecule has 3 aromatic carbocycles. The van der Waals surface area contributed by atoms with Gasteiger partial charge in [0.25, 0.3) is 0 Å². The largest absolute Gasteiger partial charge is 0.459 e. The lowest BCUT2D eigenvalue weighted by Crippen LogP contribution is -2.33. The number of halogens is 1. The van der Waals surface area contributed by atoms with Crippen LogP contribution in [0.5, 0.6) is 0 Å². The molecule has 2 heterocycles. The maximum absolute atomic E-state index is 13.6. The topological polar surface area (TPSA) is 42.2 Å². The van der Waals surface area contributed by atoms with E-state index in [1.165, 1.54) is 10.8 Å². The van der Waals surface area contributed by atoms with E-state index in [1.54, 1.807) is 0 Å². The summed E-state index contributed by atoms with van der Waals surface area (Å²) in [4.78, 5) is 13.6. The minimum Gasteiger partial charge on any atom is -0.459 e. The number of nitrogens with one attached hydrogen (secondary N) is 1. The summed E-state index contributed by atoms with van der Waals surface area (Å²) in [5.74, 6) is 1.68. The lowest BCUT2D eigenvalue weighted by atomic mass is 9.68. The number of hydrogen-bond donors (Lipinski definition) is 1. The molecule has 0 fully saturated rings. The van der Waals surface area contributed by atoms with Gasteiger partial charge < -0.3 is 9.73 Å². The Labute approximate surface area is 204 Å². The SMILES string of the molecule is Cc1ccc(-c2ccc(C3Nc4ccc5ccccc5c4C4=C3C(=O)CC(C)(C)C4)o2)cc1Cl. The number of furan rings is 1. The van der Waals surface area contributed by atoms with Crippen LogP contribution in [0.3, 0.4) is 0 Å². The van der Waals surface area contributed by atoms with Gasteiger partial charge in [-0.2, -0.15) is 0 Å². The number of benzene rings is 3. The molecule has 6 rings (SSSR count). The molecule has 0 spiro atoms. The van der Waals surface area contributed by atoms with E-state index in [9.17, 15) is 4.79 Å². The minimum absolute atomic E-state index is 0.0843. The summed E-state index contributed by atoms with van der Waals surface area (Å²) in [6, 6.07) is 22.2. The van der Waals surface area contributed by atoms with E-state index in [-0.39, 0.29) is 17.2 Å². The van der Waals surface area contributed by atoms with Gasteiger partial charge in [-0.15, -0.1) is 0 Å². The van der Waals surface area contributed by atoms with Crippen LogP contribution in [-0.2, 0) is 4.79 Å². The van der Waals surface area contributed by atoms with E-state index in [0.717, 1.165) is 51.5 Å². The molecule has 0 saturated carbocycles. The van der Waals surface area contributed by atoms with Crippen molar-refractivity contribution < 1.29 is 9.21 Å². The lowest BCUT2D eigenvalue weighted by molar-refractivity contribution is -0.118. The standard InChI is InChI=1S/C30H26ClNO2/c1-17-8-9-19(14-22(17)31)25-12-13-26(34-25)29-28-21(15-30(2,3)16-24(28)33)27-20-7-5-4-6-18(20)10-11-23(27)32-29/h4-14,29,32H,15-16H2,1-3H3. The van der Waals surface area contributed by atoms with Gasteiger partial charge in [0.2, 0.25) is 0 Å². The average molecular weight is 468 g/mol. The van der Waals surface area contributed by atoms with Gasteiger partial charge >= 0.3 is 0 Å². The highest BCUT2D eigenvalue weighted by molar-refractivity contribution is 6.31. The Morgan fingerprint density at radius 3 is 2.65 bits per heavy atom. The molecule has 0 amide bonds. The molecule has 1 N–H and O–H groups in total. The second-order valence-corrected chi connectivity index (χ2v) is 10.7.